The zero-order valence-corrected chi connectivity index (χ0v) is 13.8. The molecule has 0 rings (SSSR count). The van der Waals surface area contributed by atoms with Gasteiger partial charge in [-0.1, -0.05) is 19.7 Å². The summed E-state index contributed by atoms with van der Waals surface area (Å²) < 4.78 is 0. The number of hydrogen-bond acceptors (Lipinski definition) is 5. The number of carbonyl (C=O) groups excluding carboxylic acids is 2. The molecule has 17 heavy (non-hydrogen) atoms. The third kappa shape index (κ3) is 91.6. The second-order valence-electron chi connectivity index (χ2n) is 1.59. The minimum Gasteiger partial charge on any atom is -0.545 e. The van der Waals surface area contributed by atoms with E-state index >= 15 is 0 Å². The van der Waals surface area contributed by atoms with Gasteiger partial charge in [-0.05, 0) is 12.2 Å². The predicted molar refractivity (Wildman–Crippen MR) is 48.2 cm³/mol. The first-order valence-electron chi connectivity index (χ1n) is 3.33. The minimum absolute atomic E-state index is 0. The summed E-state index contributed by atoms with van der Waals surface area (Å²) in [5.74, 6) is -3.44. The summed E-state index contributed by atoms with van der Waals surface area (Å²) in [5, 5.41) is 25.9. The second-order valence-corrected chi connectivity index (χ2v) is 1.59. The molecule has 0 radical (unpaired) electrons. The van der Waals surface area contributed by atoms with Gasteiger partial charge in [0, 0.05) is 6.08 Å². The van der Waals surface area contributed by atoms with E-state index < -0.39 is 17.9 Å². The molecule has 0 aliphatic heterocycles. The Morgan fingerprint density at radius 1 is 0.824 bits per heavy atom. The number of aliphatic carboxylic acids is 3. The first-order valence-corrected chi connectivity index (χ1v) is 3.33. The molecule has 0 aromatic carbocycles. The van der Waals surface area contributed by atoms with Crippen LogP contribution in [0.5, 0.6) is 0 Å². The van der Waals surface area contributed by atoms with Crippen LogP contribution in [0.3, 0.4) is 0 Å². The van der Waals surface area contributed by atoms with Gasteiger partial charge in [0.05, 0.1) is 11.9 Å². The van der Waals surface area contributed by atoms with Gasteiger partial charge in [-0.3, -0.25) is 0 Å². The Balaban J connectivity index is -0.0000000400. The van der Waals surface area contributed by atoms with Crippen LogP contribution in [0.4, 0.5) is 0 Å². The largest absolute Gasteiger partial charge is 1.00 e. The number of carbonyl (C=O) groups is 3. The van der Waals surface area contributed by atoms with Crippen LogP contribution < -0.4 is 69.3 Å². The molecule has 0 aliphatic rings. The second kappa shape index (κ2) is 24.7. The molecule has 0 aromatic heterocycles. The SMILES string of the molecule is C=CC(=O)O.C=CC(=O)[O-].C=CC(=O)[O-].[Na+].[Na+]. The van der Waals surface area contributed by atoms with Gasteiger partial charge in [-0.2, -0.15) is 0 Å². The van der Waals surface area contributed by atoms with Crippen LogP contribution >= 0.6 is 0 Å². The first-order chi connectivity index (χ1) is 6.81. The summed E-state index contributed by atoms with van der Waals surface area (Å²) in [7, 11) is 0. The van der Waals surface area contributed by atoms with Crippen LogP contribution in [0.15, 0.2) is 38.0 Å². The van der Waals surface area contributed by atoms with Gasteiger partial charge in [-0.25, -0.2) is 4.79 Å². The van der Waals surface area contributed by atoms with Gasteiger partial charge < -0.3 is 24.9 Å². The molecule has 1 N–H and O–H groups in total. The van der Waals surface area contributed by atoms with E-state index in [1.54, 1.807) is 0 Å². The number of carboxylic acids is 3. The van der Waals surface area contributed by atoms with Crippen molar-refractivity contribution in [2.24, 2.45) is 0 Å². The molecule has 0 spiro atoms. The Hall–Kier alpha value is -0.370. The molecule has 0 amide bonds. The Bertz CT molecular complexity index is 219. The molecule has 0 atom stereocenters. The number of rotatable bonds is 3. The molecule has 0 bridgehead atoms. The number of hydrogen-bond donors (Lipinski definition) is 1. The molecule has 0 aliphatic carbocycles. The minimum atomic E-state index is -1.23. The monoisotopic (exact) mass is 260 g/mol. The predicted octanol–water partition coefficient (Wildman–Crippen LogP) is -7.89. The maximum Gasteiger partial charge on any atom is 1.00 e. The average Bonchev–Trinajstić information content (AvgIpc) is 2.19. The quantitative estimate of drug-likeness (QED) is 0.398. The zero-order valence-electron chi connectivity index (χ0n) is 9.84. The van der Waals surface area contributed by atoms with Crippen LogP contribution in [0.25, 0.3) is 0 Å². The molecule has 0 heterocycles. The van der Waals surface area contributed by atoms with Crippen molar-refractivity contribution < 1.29 is 88.8 Å². The van der Waals surface area contributed by atoms with Crippen molar-refractivity contribution in [1.29, 1.82) is 0 Å². The first kappa shape index (κ1) is 30.0. The van der Waals surface area contributed by atoms with Crippen molar-refractivity contribution in [3.63, 3.8) is 0 Å². The molecule has 6 nitrogen and oxygen atoms in total. The Morgan fingerprint density at radius 3 is 0.941 bits per heavy atom. The third-order valence-corrected chi connectivity index (χ3v) is 0.508. The summed E-state index contributed by atoms with van der Waals surface area (Å²) >= 11 is 0. The fourth-order valence-corrected chi connectivity index (χ4v) is 0. The van der Waals surface area contributed by atoms with E-state index in [4.69, 9.17) is 24.9 Å². The van der Waals surface area contributed by atoms with Crippen LogP contribution in [-0.2, 0) is 14.4 Å². The van der Waals surface area contributed by atoms with Crippen molar-refractivity contribution in [3.8, 4) is 0 Å². The van der Waals surface area contributed by atoms with Crippen LogP contribution in [0.1, 0.15) is 0 Å². The topological polar surface area (TPSA) is 118 Å². The maximum atomic E-state index is 9.25. The van der Waals surface area contributed by atoms with Gasteiger partial charge in [0.25, 0.3) is 0 Å². The van der Waals surface area contributed by atoms with E-state index in [0.717, 1.165) is 18.2 Å². The van der Waals surface area contributed by atoms with Gasteiger partial charge in [0.2, 0.25) is 0 Å². The van der Waals surface area contributed by atoms with E-state index in [1.807, 2.05) is 0 Å². The molecule has 8 heteroatoms. The molecule has 84 valence electrons. The van der Waals surface area contributed by atoms with Crippen LogP contribution in [0, 0.1) is 0 Å². The molecule has 0 fully saturated rings. The van der Waals surface area contributed by atoms with E-state index in [-0.39, 0.29) is 59.1 Å². The average molecular weight is 260 g/mol. The summed E-state index contributed by atoms with van der Waals surface area (Å²) in [5.41, 5.74) is 0. The fraction of sp³-hybridized carbons (Fsp3) is 0. The van der Waals surface area contributed by atoms with Crippen molar-refractivity contribution >= 4 is 17.9 Å². The van der Waals surface area contributed by atoms with Crippen LogP contribution in [-0.4, -0.2) is 23.0 Å². The van der Waals surface area contributed by atoms with Gasteiger partial charge in [-0.15, -0.1) is 0 Å². The van der Waals surface area contributed by atoms with E-state index in [2.05, 4.69) is 19.7 Å². The fourth-order valence-electron chi connectivity index (χ4n) is 0. The Morgan fingerprint density at radius 2 is 0.941 bits per heavy atom. The summed E-state index contributed by atoms with van der Waals surface area (Å²) in [4.78, 5) is 27.5. The zero-order chi connectivity index (χ0) is 12.9. The Labute approximate surface area is 143 Å². The maximum absolute atomic E-state index is 9.25. The van der Waals surface area contributed by atoms with E-state index in [0.29, 0.717) is 0 Å². The van der Waals surface area contributed by atoms with E-state index in [9.17, 15) is 4.79 Å². The van der Waals surface area contributed by atoms with Crippen LogP contribution in [0.2, 0.25) is 0 Å². The van der Waals surface area contributed by atoms with Crippen molar-refractivity contribution in [2.75, 3.05) is 0 Å². The summed E-state index contributed by atoms with van der Waals surface area (Å²) in [6.07, 6.45) is 2.28. The van der Waals surface area contributed by atoms with Gasteiger partial charge >= 0.3 is 65.1 Å². The molecule has 0 saturated carbocycles. The summed E-state index contributed by atoms with van der Waals surface area (Å²) in [6, 6.07) is 0. The molecular weight excluding hydrogens is 250 g/mol. The van der Waals surface area contributed by atoms with Gasteiger partial charge in [0.15, 0.2) is 0 Å². The summed E-state index contributed by atoms with van der Waals surface area (Å²) in [6.45, 7) is 8.76. The smallest absolute Gasteiger partial charge is 0.545 e. The van der Waals surface area contributed by atoms with Gasteiger partial charge in [0.1, 0.15) is 0 Å². The molecule has 0 unspecified atom stereocenters. The Kier molecular flexibility index (Phi) is 43.7. The van der Waals surface area contributed by atoms with Crippen molar-refractivity contribution in [1.82, 2.24) is 0 Å². The molecule has 0 saturated heterocycles. The molecule has 0 aromatic rings. The van der Waals surface area contributed by atoms with Crippen molar-refractivity contribution in [3.05, 3.63) is 38.0 Å². The number of carboxylic acid groups (broad SMARTS) is 3. The third-order valence-electron chi connectivity index (χ3n) is 0.508. The molecular formula is C9H10Na2O6. The standard InChI is InChI=1S/3C3H4O2.2Na/c3*1-2-3(4)5;;/h3*2H,1H2,(H,4,5);;/q;;;2*+1/p-2. The normalized spacial score (nSPS) is 5.65. The van der Waals surface area contributed by atoms with Crippen molar-refractivity contribution in [2.45, 2.75) is 0 Å². The van der Waals surface area contributed by atoms with E-state index in [1.165, 1.54) is 0 Å².